The van der Waals surface area contributed by atoms with Crippen LogP contribution in [0.25, 0.3) is 0 Å². The molecule has 0 aliphatic carbocycles. The van der Waals surface area contributed by atoms with Crippen molar-refractivity contribution >= 4 is 29.3 Å². The number of rotatable bonds is 13. The molecule has 2 rings (SSSR count). The lowest BCUT2D eigenvalue weighted by atomic mass is 10.0. The topological polar surface area (TPSA) is 130 Å². The molecule has 2 aromatic carbocycles. The van der Waals surface area contributed by atoms with Crippen LogP contribution in [0.15, 0.2) is 59.8 Å². The maximum Gasteiger partial charge on any atom is 0.411 e. The number of unbranched alkanes of at least 4 members (excludes halogenated alkanes) is 2. The zero-order valence-corrected chi connectivity index (χ0v) is 23.4. The van der Waals surface area contributed by atoms with Crippen LogP contribution >= 0.6 is 0 Å². The largest absolute Gasteiger partial charge is 0.497 e. The highest BCUT2D eigenvalue weighted by atomic mass is 16.6. The predicted octanol–water partition coefficient (Wildman–Crippen LogP) is 4.97. The molecule has 10 heteroatoms. The van der Waals surface area contributed by atoms with Crippen molar-refractivity contribution < 1.29 is 29.1 Å². The predicted molar refractivity (Wildman–Crippen MR) is 150 cm³/mol. The number of ether oxygens (including phenoxy) is 2. The number of carbonyl (C=O) groups is 3. The number of nitrogens with one attached hydrogen (secondary N) is 2. The van der Waals surface area contributed by atoms with Gasteiger partial charge in [-0.25, -0.2) is 4.79 Å². The number of hydrogen-bond acceptors (Lipinski definition) is 7. The van der Waals surface area contributed by atoms with Gasteiger partial charge in [0.15, 0.2) is 0 Å². The number of para-hydroxylation sites is 1. The maximum atomic E-state index is 13.6. The van der Waals surface area contributed by atoms with Crippen molar-refractivity contribution in [3.63, 3.8) is 0 Å². The number of methoxy groups -OCH3 is 1. The van der Waals surface area contributed by atoms with Crippen LogP contribution in [-0.4, -0.2) is 59.5 Å². The molecule has 0 bridgehead atoms. The van der Waals surface area contributed by atoms with E-state index in [4.69, 9.17) is 14.7 Å². The molecule has 0 saturated carbocycles. The van der Waals surface area contributed by atoms with Crippen LogP contribution < -0.4 is 15.4 Å². The smallest absolute Gasteiger partial charge is 0.411 e. The van der Waals surface area contributed by atoms with Crippen molar-refractivity contribution in [3.8, 4) is 5.75 Å². The Morgan fingerprint density at radius 1 is 1.00 bits per heavy atom. The van der Waals surface area contributed by atoms with E-state index in [0.717, 1.165) is 5.56 Å². The van der Waals surface area contributed by atoms with Crippen molar-refractivity contribution in [2.45, 2.75) is 71.1 Å². The molecule has 0 aromatic heterocycles. The number of benzene rings is 2. The molecular formula is C29H40N4O6. The van der Waals surface area contributed by atoms with E-state index >= 15 is 0 Å². The lowest BCUT2D eigenvalue weighted by molar-refractivity contribution is -0.122. The Balaban J connectivity index is 2.27. The number of anilines is 1. The van der Waals surface area contributed by atoms with Gasteiger partial charge in [0.05, 0.1) is 7.11 Å². The fraction of sp³-hybridized carbons (Fsp3) is 0.448. The first-order valence-corrected chi connectivity index (χ1v) is 13.0. The molecule has 3 N–H and O–H groups in total. The van der Waals surface area contributed by atoms with E-state index in [-0.39, 0.29) is 18.2 Å². The summed E-state index contributed by atoms with van der Waals surface area (Å²) in [5.41, 5.74) is 0.727. The van der Waals surface area contributed by atoms with Crippen molar-refractivity contribution in [2.24, 2.45) is 5.16 Å². The lowest BCUT2D eigenvalue weighted by Gasteiger charge is -2.33. The van der Waals surface area contributed by atoms with Gasteiger partial charge in [0, 0.05) is 19.3 Å². The van der Waals surface area contributed by atoms with Crippen LogP contribution in [0.2, 0.25) is 0 Å². The normalized spacial score (nSPS) is 12.3. The molecule has 39 heavy (non-hydrogen) atoms. The maximum absolute atomic E-state index is 13.6. The molecule has 2 aromatic rings. The SMILES string of the molecule is CNC(=O)/C(CCCCC[C@@H](C(=O)Nc1ccccc1)N(Cc1ccc(OC)cc1)C(=O)OC(C)(C)C)=N/O. The molecule has 0 saturated heterocycles. The molecule has 0 aliphatic heterocycles. The highest BCUT2D eigenvalue weighted by molar-refractivity contribution is 6.38. The summed E-state index contributed by atoms with van der Waals surface area (Å²) < 4.78 is 10.9. The van der Waals surface area contributed by atoms with E-state index in [1.54, 1.807) is 52.1 Å². The summed E-state index contributed by atoms with van der Waals surface area (Å²) in [5.74, 6) is -0.0831. The molecule has 212 valence electrons. The van der Waals surface area contributed by atoms with E-state index in [0.29, 0.717) is 43.5 Å². The van der Waals surface area contributed by atoms with Crippen LogP contribution in [0.1, 0.15) is 58.4 Å². The summed E-state index contributed by atoms with van der Waals surface area (Å²) in [6.07, 6.45) is 1.86. The second-order valence-corrected chi connectivity index (χ2v) is 10.1. The third-order valence-electron chi connectivity index (χ3n) is 5.86. The van der Waals surface area contributed by atoms with Gasteiger partial charge in [-0.15, -0.1) is 0 Å². The number of amides is 3. The van der Waals surface area contributed by atoms with Gasteiger partial charge < -0.3 is 25.3 Å². The highest BCUT2D eigenvalue weighted by Crippen LogP contribution is 2.22. The zero-order chi connectivity index (χ0) is 28.8. The zero-order valence-electron chi connectivity index (χ0n) is 23.4. The molecule has 0 radical (unpaired) electrons. The summed E-state index contributed by atoms with van der Waals surface area (Å²) in [6.45, 7) is 5.50. The molecule has 10 nitrogen and oxygen atoms in total. The van der Waals surface area contributed by atoms with Crippen LogP contribution in [0, 0.1) is 0 Å². The number of hydrogen-bond donors (Lipinski definition) is 3. The first-order valence-electron chi connectivity index (χ1n) is 13.0. The van der Waals surface area contributed by atoms with Gasteiger partial charge in [-0.05, 0) is 69.9 Å². The van der Waals surface area contributed by atoms with Crippen LogP contribution in [-0.2, 0) is 20.9 Å². The van der Waals surface area contributed by atoms with Crippen LogP contribution in [0.5, 0.6) is 5.75 Å². The summed E-state index contributed by atoms with van der Waals surface area (Å²) in [6, 6.07) is 15.5. The molecule has 1 atom stereocenters. The summed E-state index contributed by atoms with van der Waals surface area (Å²) in [4.78, 5) is 40.2. The summed E-state index contributed by atoms with van der Waals surface area (Å²) in [5, 5.41) is 17.5. The summed E-state index contributed by atoms with van der Waals surface area (Å²) >= 11 is 0. The van der Waals surface area contributed by atoms with E-state index < -0.39 is 23.6 Å². The second-order valence-electron chi connectivity index (χ2n) is 10.1. The van der Waals surface area contributed by atoms with Gasteiger partial charge >= 0.3 is 6.09 Å². The minimum Gasteiger partial charge on any atom is -0.497 e. The molecule has 0 aliphatic rings. The van der Waals surface area contributed by atoms with Gasteiger partial charge in [0.2, 0.25) is 5.91 Å². The van der Waals surface area contributed by atoms with Gasteiger partial charge in [-0.3, -0.25) is 14.5 Å². The Hall–Kier alpha value is -4.08. The Morgan fingerprint density at radius 3 is 2.23 bits per heavy atom. The average molecular weight is 541 g/mol. The van der Waals surface area contributed by atoms with E-state index in [2.05, 4.69) is 15.8 Å². The van der Waals surface area contributed by atoms with Gasteiger partial charge in [0.25, 0.3) is 5.91 Å². The van der Waals surface area contributed by atoms with Gasteiger partial charge in [-0.1, -0.05) is 48.3 Å². The number of oxime groups is 1. The Labute approximate surface area is 230 Å². The van der Waals surface area contributed by atoms with E-state index in [1.807, 2.05) is 30.3 Å². The fourth-order valence-electron chi connectivity index (χ4n) is 3.89. The number of nitrogens with zero attached hydrogens (tertiary/aromatic N) is 2. The Bertz CT molecular complexity index is 1100. The molecule has 0 fully saturated rings. The molecule has 0 unspecified atom stereocenters. The molecule has 0 spiro atoms. The van der Waals surface area contributed by atoms with E-state index in [9.17, 15) is 14.4 Å². The first kappa shape index (κ1) is 31.1. The van der Waals surface area contributed by atoms with Crippen LogP contribution in [0.4, 0.5) is 10.5 Å². The second kappa shape index (κ2) is 15.4. The van der Waals surface area contributed by atoms with Crippen LogP contribution in [0.3, 0.4) is 0 Å². The molecule has 3 amide bonds. The van der Waals surface area contributed by atoms with Crippen molar-refractivity contribution in [2.75, 3.05) is 19.5 Å². The Kier molecular flexibility index (Phi) is 12.3. The fourth-order valence-corrected chi connectivity index (χ4v) is 3.89. The van der Waals surface area contributed by atoms with Gasteiger partial charge in [0.1, 0.15) is 23.1 Å². The van der Waals surface area contributed by atoms with E-state index in [1.165, 1.54) is 11.9 Å². The van der Waals surface area contributed by atoms with Crippen molar-refractivity contribution in [1.29, 1.82) is 0 Å². The van der Waals surface area contributed by atoms with Gasteiger partial charge in [-0.2, -0.15) is 0 Å². The monoisotopic (exact) mass is 540 g/mol. The first-order chi connectivity index (χ1) is 18.6. The number of carbonyl (C=O) groups excluding carboxylic acids is 3. The standard InChI is InChI=1S/C29H40N4O6/c1-29(2,3)39-28(36)33(20-21-16-18-23(38-5)19-17-21)25(27(35)31-22-12-8-6-9-13-22)15-11-7-10-14-24(32-37)26(34)30-4/h6,8-9,12-13,16-19,25,37H,7,10-11,14-15,20H2,1-5H3,(H,30,34)(H,31,35)/b32-24+/t25-/m0/s1. The minimum atomic E-state index is -0.827. The van der Waals surface area contributed by atoms with Crippen molar-refractivity contribution in [1.82, 2.24) is 10.2 Å². The van der Waals surface area contributed by atoms with Crippen molar-refractivity contribution in [3.05, 3.63) is 60.2 Å². The Morgan fingerprint density at radius 2 is 1.67 bits per heavy atom. The lowest BCUT2D eigenvalue weighted by Crippen LogP contribution is -2.48. The molecular weight excluding hydrogens is 500 g/mol. The highest BCUT2D eigenvalue weighted by Gasteiger charge is 2.33. The quantitative estimate of drug-likeness (QED) is 0.142. The third kappa shape index (κ3) is 10.7. The summed E-state index contributed by atoms with van der Waals surface area (Å²) in [7, 11) is 3.05. The average Bonchev–Trinajstić information content (AvgIpc) is 2.91. The molecule has 0 heterocycles. The third-order valence-corrected chi connectivity index (χ3v) is 5.86. The minimum absolute atomic E-state index is 0.0470.